The van der Waals surface area contributed by atoms with Crippen LogP contribution in [0.1, 0.15) is 38.6 Å². The molecule has 0 radical (unpaired) electrons. The zero-order valence-corrected chi connectivity index (χ0v) is 13.5. The van der Waals surface area contributed by atoms with Gasteiger partial charge in [0.25, 0.3) is 0 Å². The number of carbonyl (C=O) groups excluding carboxylic acids is 1. The maximum atomic E-state index is 11.9. The Morgan fingerprint density at radius 2 is 2.10 bits per heavy atom. The number of para-hydroxylation sites is 1. The summed E-state index contributed by atoms with van der Waals surface area (Å²) < 4.78 is 4.81. The second-order valence-corrected chi connectivity index (χ2v) is 6.46. The number of ether oxygens (including phenoxy) is 1. The van der Waals surface area contributed by atoms with Gasteiger partial charge >= 0.3 is 5.97 Å². The molecule has 0 aliphatic heterocycles. The van der Waals surface area contributed by atoms with Crippen LogP contribution in [0.3, 0.4) is 0 Å². The van der Waals surface area contributed by atoms with Gasteiger partial charge in [0.15, 0.2) is 0 Å². The summed E-state index contributed by atoms with van der Waals surface area (Å²) in [7, 11) is 1.37. The molecule has 1 aromatic heterocycles. The summed E-state index contributed by atoms with van der Waals surface area (Å²) in [6.07, 6.45) is 0. The van der Waals surface area contributed by atoms with Gasteiger partial charge in [0.2, 0.25) is 0 Å². The van der Waals surface area contributed by atoms with Crippen molar-refractivity contribution in [2.45, 2.75) is 26.8 Å². The number of esters is 1. The summed E-state index contributed by atoms with van der Waals surface area (Å²) in [5.41, 5.74) is 8.85. The average molecular weight is 304 g/mol. The molecule has 0 saturated heterocycles. The van der Waals surface area contributed by atoms with E-state index in [0.29, 0.717) is 16.9 Å². The molecule has 112 valence electrons. The van der Waals surface area contributed by atoms with Crippen LogP contribution in [0.4, 0.5) is 11.4 Å². The Morgan fingerprint density at radius 3 is 2.67 bits per heavy atom. The third kappa shape index (κ3) is 3.19. The van der Waals surface area contributed by atoms with Crippen molar-refractivity contribution >= 4 is 28.7 Å². The fraction of sp³-hybridized carbons (Fsp3) is 0.312. The molecule has 2 rings (SSSR count). The molecule has 0 amide bonds. The molecule has 3 N–H and O–H groups in total. The van der Waals surface area contributed by atoms with Crippen LogP contribution >= 0.6 is 11.3 Å². The first-order valence-corrected chi connectivity index (χ1v) is 7.56. The van der Waals surface area contributed by atoms with Crippen LogP contribution < -0.4 is 11.1 Å². The second kappa shape index (κ2) is 6.18. The standard InChI is InChI=1S/C16H20N2O2S/c1-9-8-13(11(3)21-9)10(2)18-15-12(16(19)20-4)6-5-7-14(15)17/h5-8,10,18H,17H2,1-4H3. The number of nitrogens with one attached hydrogen (secondary N) is 1. The Bertz CT molecular complexity index is 664. The van der Waals surface area contributed by atoms with Crippen molar-refractivity contribution in [1.29, 1.82) is 0 Å². The minimum atomic E-state index is -0.393. The van der Waals surface area contributed by atoms with Crippen LogP contribution in [0.25, 0.3) is 0 Å². The predicted molar refractivity (Wildman–Crippen MR) is 88.0 cm³/mol. The molecule has 1 unspecified atom stereocenters. The fourth-order valence-electron chi connectivity index (χ4n) is 2.39. The zero-order valence-electron chi connectivity index (χ0n) is 12.7. The quantitative estimate of drug-likeness (QED) is 0.664. The largest absolute Gasteiger partial charge is 0.465 e. The topological polar surface area (TPSA) is 64.3 Å². The minimum absolute atomic E-state index is 0.0584. The van der Waals surface area contributed by atoms with Crippen molar-refractivity contribution in [3.8, 4) is 0 Å². The molecule has 1 atom stereocenters. The van der Waals surface area contributed by atoms with Crippen LogP contribution in [-0.4, -0.2) is 13.1 Å². The summed E-state index contributed by atoms with van der Waals surface area (Å²) in [6.45, 7) is 6.24. The molecular weight excluding hydrogens is 284 g/mol. The minimum Gasteiger partial charge on any atom is -0.465 e. The zero-order chi connectivity index (χ0) is 15.6. The second-order valence-electron chi connectivity index (χ2n) is 5.00. The molecule has 1 heterocycles. The molecule has 0 aliphatic carbocycles. The summed E-state index contributed by atoms with van der Waals surface area (Å²) >= 11 is 1.76. The molecule has 0 saturated carbocycles. The van der Waals surface area contributed by atoms with Crippen molar-refractivity contribution in [3.05, 3.63) is 45.1 Å². The number of hydrogen-bond donors (Lipinski definition) is 2. The third-order valence-corrected chi connectivity index (χ3v) is 4.39. The van der Waals surface area contributed by atoms with E-state index in [0.717, 1.165) is 0 Å². The Kier molecular flexibility index (Phi) is 4.53. The van der Waals surface area contributed by atoms with Gasteiger partial charge in [0.1, 0.15) is 0 Å². The average Bonchev–Trinajstić information content (AvgIpc) is 2.79. The highest BCUT2D eigenvalue weighted by atomic mass is 32.1. The number of methoxy groups -OCH3 is 1. The Morgan fingerprint density at radius 1 is 1.38 bits per heavy atom. The first kappa shape index (κ1) is 15.4. The first-order valence-electron chi connectivity index (χ1n) is 6.74. The van der Waals surface area contributed by atoms with Crippen molar-refractivity contribution in [3.63, 3.8) is 0 Å². The van der Waals surface area contributed by atoms with Gasteiger partial charge in [-0.1, -0.05) is 6.07 Å². The van der Waals surface area contributed by atoms with Crippen LogP contribution in [0.5, 0.6) is 0 Å². The number of nitrogen functional groups attached to an aromatic ring is 1. The normalized spacial score (nSPS) is 12.0. The molecular formula is C16H20N2O2S. The third-order valence-electron chi connectivity index (χ3n) is 3.41. The van der Waals surface area contributed by atoms with Gasteiger partial charge in [-0.3, -0.25) is 0 Å². The molecule has 0 bridgehead atoms. The molecule has 5 heteroatoms. The van der Waals surface area contributed by atoms with Gasteiger partial charge in [-0.15, -0.1) is 11.3 Å². The van der Waals surface area contributed by atoms with E-state index in [2.05, 4.69) is 32.2 Å². The van der Waals surface area contributed by atoms with Gasteiger partial charge in [0.05, 0.1) is 24.0 Å². The van der Waals surface area contributed by atoms with Crippen molar-refractivity contribution < 1.29 is 9.53 Å². The number of anilines is 2. The van der Waals surface area contributed by atoms with Gasteiger partial charge in [-0.2, -0.15) is 0 Å². The summed E-state index contributed by atoms with van der Waals surface area (Å²) in [5, 5.41) is 3.35. The Hall–Kier alpha value is -2.01. The number of hydrogen-bond acceptors (Lipinski definition) is 5. The van der Waals surface area contributed by atoms with Crippen LogP contribution in [0.15, 0.2) is 24.3 Å². The van der Waals surface area contributed by atoms with Crippen LogP contribution in [0.2, 0.25) is 0 Å². The molecule has 0 spiro atoms. The first-order chi connectivity index (χ1) is 9.93. The molecule has 4 nitrogen and oxygen atoms in total. The van der Waals surface area contributed by atoms with Crippen LogP contribution in [-0.2, 0) is 4.74 Å². The number of benzene rings is 1. The van der Waals surface area contributed by atoms with E-state index in [-0.39, 0.29) is 6.04 Å². The summed E-state index contributed by atoms with van der Waals surface area (Å²) in [5.74, 6) is -0.393. The van der Waals surface area contributed by atoms with Gasteiger partial charge < -0.3 is 15.8 Å². The van der Waals surface area contributed by atoms with E-state index in [1.807, 2.05) is 0 Å². The molecule has 1 aromatic carbocycles. The van der Waals surface area contributed by atoms with Crippen LogP contribution in [0, 0.1) is 13.8 Å². The van der Waals surface area contributed by atoms with E-state index in [1.54, 1.807) is 29.5 Å². The number of nitrogens with two attached hydrogens (primary N) is 1. The van der Waals surface area contributed by atoms with E-state index >= 15 is 0 Å². The van der Waals surface area contributed by atoms with Gasteiger partial charge in [-0.25, -0.2) is 4.79 Å². The molecule has 0 aliphatic rings. The summed E-state index contributed by atoms with van der Waals surface area (Å²) in [4.78, 5) is 14.4. The van der Waals surface area contributed by atoms with E-state index in [1.165, 1.54) is 22.4 Å². The lowest BCUT2D eigenvalue weighted by molar-refractivity contribution is 0.0602. The molecule has 0 fully saturated rings. The Labute approximate surface area is 128 Å². The summed E-state index contributed by atoms with van der Waals surface area (Å²) in [6, 6.07) is 7.45. The highest BCUT2D eigenvalue weighted by molar-refractivity contribution is 7.12. The SMILES string of the molecule is COC(=O)c1cccc(N)c1NC(C)c1cc(C)sc1C. The Balaban J connectivity index is 2.35. The molecule has 21 heavy (non-hydrogen) atoms. The maximum absolute atomic E-state index is 11.9. The fourth-order valence-corrected chi connectivity index (χ4v) is 3.41. The lowest BCUT2D eigenvalue weighted by atomic mass is 10.1. The van der Waals surface area contributed by atoms with E-state index < -0.39 is 5.97 Å². The van der Waals surface area contributed by atoms with Gasteiger partial charge in [-0.05, 0) is 44.5 Å². The van der Waals surface area contributed by atoms with E-state index in [4.69, 9.17) is 10.5 Å². The lowest BCUT2D eigenvalue weighted by Gasteiger charge is -2.19. The monoisotopic (exact) mass is 304 g/mol. The van der Waals surface area contributed by atoms with Crippen molar-refractivity contribution in [1.82, 2.24) is 0 Å². The smallest absolute Gasteiger partial charge is 0.340 e. The lowest BCUT2D eigenvalue weighted by Crippen LogP contribution is -2.13. The number of thiophene rings is 1. The van der Waals surface area contributed by atoms with Crippen molar-refractivity contribution in [2.75, 3.05) is 18.2 Å². The van der Waals surface area contributed by atoms with Gasteiger partial charge in [0, 0.05) is 15.8 Å². The van der Waals surface area contributed by atoms with Crippen molar-refractivity contribution in [2.24, 2.45) is 0 Å². The molecule has 2 aromatic rings. The number of aryl methyl sites for hydroxylation is 2. The number of rotatable bonds is 4. The highest BCUT2D eigenvalue weighted by Crippen LogP contribution is 2.32. The highest BCUT2D eigenvalue weighted by Gasteiger charge is 2.18. The number of carbonyl (C=O) groups is 1. The van der Waals surface area contributed by atoms with E-state index in [9.17, 15) is 4.79 Å². The maximum Gasteiger partial charge on any atom is 0.340 e. The predicted octanol–water partition coefficient (Wildman–Crippen LogP) is 3.91.